The molecule has 0 unspecified atom stereocenters. The monoisotopic (exact) mass is 516 g/mol. The van der Waals surface area contributed by atoms with Crippen LogP contribution in [-0.4, -0.2) is 88.9 Å². The summed E-state index contributed by atoms with van der Waals surface area (Å²) in [5.41, 5.74) is 5.10. The smallest absolute Gasteiger partial charge is 0.327 e. The molecular weight excluding hydrogens is 484 g/mol. The van der Waals surface area contributed by atoms with E-state index in [1.807, 2.05) is 24.3 Å². The summed E-state index contributed by atoms with van der Waals surface area (Å²) in [6.07, 6.45) is 3.14. The predicted octanol–water partition coefficient (Wildman–Crippen LogP) is 2.44. The second-order valence-electron chi connectivity index (χ2n) is 10.8. The first-order valence-electron chi connectivity index (χ1n) is 13.5. The van der Waals surface area contributed by atoms with Crippen molar-refractivity contribution in [2.75, 3.05) is 39.3 Å². The fourth-order valence-corrected chi connectivity index (χ4v) is 6.54. The van der Waals surface area contributed by atoms with Crippen molar-refractivity contribution in [2.24, 2.45) is 11.8 Å². The second-order valence-corrected chi connectivity index (χ2v) is 10.8. The Kier molecular flexibility index (Phi) is 6.39. The number of β-lactam (4-membered cyclic amide) rings is 1. The molecule has 4 amide bonds. The normalized spacial score (nSPS) is 23.1. The van der Waals surface area contributed by atoms with E-state index in [9.17, 15) is 24.3 Å². The second kappa shape index (κ2) is 9.87. The van der Waals surface area contributed by atoms with Gasteiger partial charge >= 0.3 is 12.0 Å². The van der Waals surface area contributed by atoms with E-state index >= 15 is 0 Å². The van der Waals surface area contributed by atoms with Crippen LogP contribution in [-0.2, 0) is 16.0 Å². The minimum absolute atomic E-state index is 0.0730. The summed E-state index contributed by atoms with van der Waals surface area (Å²) in [7, 11) is 0. The molecule has 3 heterocycles. The Hall–Kier alpha value is -3.72. The van der Waals surface area contributed by atoms with Gasteiger partial charge in [0.1, 0.15) is 0 Å². The maximum Gasteiger partial charge on any atom is 0.327 e. The molecule has 3 fully saturated rings. The Morgan fingerprint density at radius 2 is 1.58 bits per heavy atom. The van der Waals surface area contributed by atoms with Gasteiger partial charge in [0.05, 0.1) is 5.92 Å². The lowest BCUT2D eigenvalue weighted by atomic mass is 9.78. The molecule has 2 aromatic rings. The third-order valence-corrected chi connectivity index (χ3v) is 8.61. The molecular formula is C29H32N4O5. The summed E-state index contributed by atoms with van der Waals surface area (Å²) >= 11 is 0. The molecule has 9 nitrogen and oxygen atoms in total. The molecule has 6 rings (SSSR count). The van der Waals surface area contributed by atoms with Gasteiger partial charge in [0.25, 0.3) is 5.91 Å². The van der Waals surface area contributed by atoms with Crippen LogP contribution in [0.25, 0.3) is 11.1 Å². The van der Waals surface area contributed by atoms with Crippen LogP contribution in [0, 0.1) is 11.8 Å². The van der Waals surface area contributed by atoms with Crippen LogP contribution < -0.4 is 5.32 Å². The SMILES string of the molecule is O=C(O)[C@@H]1[C@@H](CC2CCNCC2)C(=O)N1C(=O)N1CCN(C(=O)c2cccc3c2-c2ccccc2C3)CC1. The summed E-state index contributed by atoms with van der Waals surface area (Å²) in [6.45, 7) is 2.90. The number of hydrogen-bond donors (Lipinski definition) is 2. The Labute approximate surface area is 221 Å². The number of hydrogen-bond acceptors (Lipinski definition) is 5. The molecule has 0 spiro atoms. The lowest BCUT2D eigenvalue weighted by Crippen LogP contribution is -2.69. The molecule has 0 bridgehead atoms. The zero-order valence-electron chi connectivity index (χ0n) is 21.3. The van der Waals surface area contributed by atoms with E-state index in [2.05, 4.69) is 23.5 Å². The van der Waals surface area contributed by atoms with Crippen LogP contribution in [0.15, 0.2) is 42.5 Å². The fraction of sp³-hybridized carbons (Fsp3) is 0.448. The topological polar surface area (TPSA) is 110 Å². The first-order valence-corrected chi connectivity index (χ1v) is 13.5. The molecule has 2 N–H and O–H groups in total. The van der Waals surface area contributed by atoms with Gasteiger partial charge in [0, 0.05) is 31.7 Å². The van der Waals surface area contributed by atoms with Gasteiger partial charge in [-0.2, -0.15) is 0 Å². The third kappa shape index (κ3) is 4.15. The van der Waals surface area contributed by atoms with Gasteiger partial charge in [-0.1, -0.05) is 36.4 Å². The highest BCUT2D eigenvalue weighted by Crippen LogP contribution is 2.39. The number of aliphatic carboxylic acids is 1. The number of likely N-dealkylation sites (tertiary alicyclic amines) is 1. The summed E-state index contributed by atoms with van der Waals surface area (Å²) in [6, 6.07) is 12.3. The third-order valence-electron chi connectivity index (χ3n) is 8.61. The van der Waals surface area contributed by atoms with Gasteiger partial charge < -0.3 is 20.2 Å². The van der Waals surface area contributed by atoms with Crippen LogP contribution >= 0.6 is 0 Å². The number of fused-ring (bicyclic) bond motifs is 3. The number of carboxylic acid groups (broad SMARTS) is 1. The minimum Gasteiger partial charge on any atom is -0.480 e. The molecule has 198 valence electrons. The molecule has 0 radical (unpaired) electrons. The van der Waals surface area contributed by atoms with Gasteiger partial charge in [-0.3, -0.25) is 9.59 Å². The van der Waals surface area contributed by atoms with Crippen molar-refractivity contribution in [2.45, 2.75) is 31.7 Å². The Bertz CT molecular complexity index is 1300. The first-order chi connectivity index (χ1) is 18.4. The standard InChI is InChI=1S/C29H32N4O5/c34-26(22-7-3-5-20-17-19-4-1-2-6-21(19)24(20)22)31-12-14-32(15-13-31)29(38)33-25(28(36)37)23(27(33)35)16-18-8-10-30-11-9-18/h1-7,18,23,25,30H,8-17H2,(H,36,37)/t23-,25+/m1/s1. The number of imide groups is 1. The number of piperazine rings is 1. The molecule has 3 aliphatic heterocycles. The first kappa shape index (κ1) is 24.6. The van der Waals surface area contributed by atoms with E-state index in [1.54, 1.807) is 4.90 Å². The number of carbonyl (C=O) groups is 4. The fourth-order valence-electron chi connectivity index (χ4n) is 6.54. The van der Waals surface area contributed by atoms with Crippen LogP contribution in [0.1, 0.15) is 40.7 Å². The van der Waals surface area contributed by atoms with Gasteiger partial charge in [-0.15, -0.1) is 0 Å². The van der Waals surface area contributed by atoms with E-state index in [0.29, 0.717) is 31.0 Å². The molecule has 0 aromatic heterocycles. The molecule has 1 aliphatic carbocycles. The van der Waals surface area contributed by atoms with Crippen molar-refractivity contribution in [3.8, 4) is 11.1 Å². The summed E-state index contributed by atoms with van der Waals surface area (Å²) in [5.74, 6) is -1.95. The maximum absolute atomic E-state index is 13.5. The highest BCUT2D eigenvalue weighted by atomic mass is 16.4. The van der Waals surface area contributed by atoms with Crippen molar-refractivity contribution in [1.29, 1.82) is 0 Å². The molecule has 2 aromatic carbocycles. The van der Waals surface area contributed by atoms with Crippen molar-refractivity contribution < 1.29 is 24.3 Å². The number of rotatable bonds is 4. The Balaban J connectivity index is 1.11. The van der Waals surface area contributed by atoms with E-state index < -0.39 is 29.9 Å². The number of nitrogens with zero attached hydrogens (tertiary/aromatic N) is 3. The molecule has 0 saturated carbocycles. The molecule has 9 heteroatoms. The van der Waals surface area contributed by atoms with Gasteiger partial charge in [0.2, 0.25) is 5.91 Å². The average molecular weight is 517 g/mol. The average Bonchev–Trinajstić information content (AvgIpc) is 3.33. The summed E-state index contributed by atoms with van der Waals surface area (Å²) < 4.78 is 0. The van der Waals surface area contributed by atoms with E-state index in [0.717, 1.165) is 53.9 Å². The summed E-state index contributed by atoms with van der Waals surface area (Å²) in [4.78, 5) is 55.9. The Morgan fingerprint density at radius 3 is 2.32 bits per heavy atom. The largest absolute Gasteiger partial charge is 0.480 e. The Morgan fingerprint density at radius 1 is 0.895 bits per heavy atom. The number of piperidine rings is 1. The minimum atomic E-state index is -1.14. The van der Waals surface area contributed by atoms with Crippen LogP contribution in [0.3, 0.4) is 0 Å². The zero-order chi connectivity index (χ0) is 26.4. The van der Waals surface area contributed by atoms with Crippen molar-refractivity contribution in [1.82, 2.24) is 20.0 Å². The number of carboxylic acids is 1. The van der Waals surface area contributed by atoms with Gasteiger partial charge in [0.15, 0.2) is 6.04 Å². The molecule has 4 aliphatic rings. The van der Waals surface area contributed by atoms with Crippen LogP contribution in [0.4, 0.5) is 4.79 Å². The number of urea groups is 1. The molecule has 3 saturated heterocycles. The van der Waals surface area contributed by atoms with Crippen LogP contribution in [0.2, 0.25) is 0 Å². The number of benzene rings is 2. The number of amides is 4. The highest BCUT2D eigenvalue weighted by molar-refractivity contribution is 6.07. The van der Waals surface area contributed by atoms with Crippen LogP contribution in [0.5, 0.6) is 0 Å². The summed E-state index contributed by atoms with van der Waals surface area (Å²) in [5, 5.41) is 13.1. The van der Waals surface area contributed by atoms with Crippen molar-refractivity contribution in [3.63, 3.8) is 0 Å². The quantitative estimate of drug-likeness (QED) is 0.516. The lowest BCUT2D eigenvalue weighted by molar-refractivity contribution is -0.167. The van der Waals surface area contributed by atoms with Crippen molar-refractivity contribution >= 4 is 23.8 Å². The number of carbonyl (C=O) groups excluding carboxylic acids is 3. The van der Waals surface area contributed by atoms with Gasteiger partial charge in [-0.05, 0) is 73.0 Å². The van der Waals surface area contributed by atoms with E-state index in [1.165, 1.54) is 10.5 Å². The van der Waals surface area contributed by atoms with E-state index in [-0.39, 0.29) is 19.0 Å². The molecule has 38 heavy (non-hydrogen) atoms. The predicted molar refractivity (Wildman–Crippen MR) is 140 cm³/mol. The number of nitrogens with one attached hydrogen (secondary N) is 1. The lowest BCUT2D eigenvalue weighted by Gasteiger charge is -2.47. The van der Waals surface area contributed by atoms with Crippen molar-refractivity contribution in [3.05, 3.63) is 59.2 Å². The zero-order valence-corrected chi connectivity index (χ0v) is 21.3. The maximum atomic E-state index is 13.5. The highest BCUT2D eigenvalue weighted by Gasteiger charge is 2.56. The molecule has 2 atom stereocenters. The van der Waals surface area contributed by atoms with E-state index in [4.69, 9.17) is 0 Å². The van der Waals surface area contributed by atoms with Gasteiger partial charge in [-0.25, -0.2) is 14.5 Å².